The molecule has 0 N–H and O–H groups in total. The van der Waals surface area contributed by atoms with Crippen molar-refractivity contribution in [3.05, 3.63) is 0 Å². The van der Waals surface area contributed by atoms with Crippen LogP contribution < -0.4 is 0 Å². The Morgan fingerprint density at radius 3 is 2.33 bits per heavy atom. The lowest BCUT2D eigenvalue weighted by Gasteiger charge is -2.39. The van der Waals surface area contributed by atoms with Crippen molar-refractivity contribution in [2.24, 2.45) is 5.41 Å². The molecule has 0 aliphatic heterocycles. The van der Waals surface area contributed by atoms with Crippen LogP contribution in [0.5, 0.6) is 0 Å². The Kier molecular flexibility index (Phi) is 4.94. The Balaban J connectivity index is 2.06. The molecule has 2 aliphatic rings. The standard InChI is InChI=1S/C15H26ClNO/c1-15(9-5-2-6-10-15)14(18)17(12-11-16)13-7-3-4-8-13/h13H,2-12H2,1H3. The third-order valence-corrected chi connectivity index (χ3v) is 4.99. The maximum atomic E-state index is 12.9. The highest BCUT2D eigenvalue weighted by molar-refractivity contribution is 6.18. The van der Waals surface area contributed by atoms with E-state index in [9.17, 15) is 4.79 Å². The molecule has 3 heteroatoms. The van der Waals surface area contributed by atoms with Crippen molar-refractivity contribution in [3.8, 4) is 0 Å². The van der Waals surface area contributed by atoms with Crippen molar-refractivity contribution in [2.75, 3.05) is 12.4 Å². The van der Waals surface area contributed by atoms with E-state index in [1.165, 1.54) is 44.9 Å². The minimum absolute atomic E-state index is 0.104. The average Bonchev–Trinajstić information content (AvgIpc) is 2.90. The molecule has 0 radical (unpaired) electrons. The first-order valence-corrected chi connectivity index (χ1v) is 8.08. The second-order valence-electron chi connectivity index (χ2n) is 6.25. The molecule has 2 nitrogen and oxygen atoms in total. The summed E-state index contributed by atoms with van der Waals surface area (Å²) in [7, 11) is 0. The van der Waals surface area contributed by atoms with Crippen LogP contribution in [0.15, 0.2) is 0 Å². The van der Waals surface area contributed by atoms with E-state index in [0.717, 1.165) is 19.4 Å². The Morgan fingerprint density at radius 1 is 1.17 bits per heavy atom. The van der Waals surface area contributed by atoms with E-state index in [-0.39, 0.29) is 5.41 Å². The van der Waals surface area contributed by atoms with E-state index in [1.54, 1.807) is 0 Å². The molecule has 0 aromatic heterocycles. The Morgan fingerprint density at radius 2 is 1.78 bits per heavy atom. The predicted octanol–water partition coefficient (Wildman–Crippen LogP) is 3.97. The van der Waals surface area contributed by atoms with Gasteiger partial charge in [0.25, 0.3) is 0 Å². The molecule has 2 saturated carbocycles. The van der Waals surface area contributed by atoms with Crippen molar-refractivity contribution in [2.45, 2.75) is 70.8 Å². The van der Waals surface area contributed by atoms with Crippen molar-refractivity contribution in [3.63, 3.8) is 0 Å². The van der Waals surface area contributed by atoms with Gasteiger partial charge < -0.3 is 4.90 Å². The molecule has 0 bridgehead atoms. The quantitative estimate of drug-likeness (QED) is 0.709. The van der Waals surface area contributed by atoms with Gasteiger partial charge in [-0.2, -0.15) is 0 Å². The summed E-state index contributed by atoms with van der Waals surface area (Å²) in [4.78, 5) is 15.0. The van der Waals surface area contributed by atoms with Gasteiger partial charge in [0.15, 0.2) is 0 Å². The summed E-state index contributed by atoms with van der Waals surface area (Å²) in [6.45, 7) is 2.91. The molecule has 0 aromatic rings. The monoisotopic (exact) mass is 271 g/mol. The molecule has 0 aromatic carbocycles. The van der Waals surface area contributed by atoms with E-state index >= 15 is 0 Å². The zero-order valence-electron chi connectivity index (χ0n) is 11.6. The van der Waals surface area contributed by atoms with Crippen LogP contribution in [0.25, 0.3) is 0 Å². The van der Waals surface area contributed by atoms with Gasteiger partial charge in [-0.05, 0) is 25.7 Å². The zero-order chi connectivity index (χ0) is 13.0. The number of carbonyl (C=O) groups is 1. The second kappa shape index (κ2) is 6.27. The maximum Gasteiger partial charge on any atom is 0.228 e. The SMILES string of the molecule is CC1(C(=O)N(CCCl)C2CCCC2)CCCCC1. The fourth-order valence-electron chi connectivity index (χ4n) is 3.65. The molecule has 0 unspecified atom stereocenters. The molecule has 2 rings (SSSR count). The van der Waals surface area contributed by atoms with Gasteiger partial charge in [-0.1, -0.05) is 39.0 Å². The maximum absolute atomic E-state index is 12.9. The van der Waals surface area contributed by atoms with Gasteiger partial charge in [0.2, 0.25) is 5.91 Å². The Hall–Kier alpha value is -0.240. The first-order valence-electron chi connectivity index (χ1n) is 7.54. The molecule has 2 fully saturated rings. The third kappa shape index (κ3) is 3.01. The number of carbonyl (C=O) groups excluding carboxylic acids is 1. The van der Waals surface area contributed by atoms with Gasteiger partial charge >= 0.3 is 0 Å². The molecule has 1 amide bonds. The van der Waals surface area contributed by atoms with Crippen LogP contribution >= 0.6 is 11.6 Å². The highest BCUT2D eigenvalue weighted by Crippen LogP contribution is 2.39. The van der Waals surface area contributed by atoms with Crippen molar-refractivity contribution < 1.29 is 4.79 Å². The van der Waals surface area contributed by atoms with Gasteiger partial charge in [-0.3, -0.25) is 4.79 Å². The first-order chi connectivity index (χ1) is 8.67. The molecule has 18 heavy (non-hydrogen) atoms. The minimum atomic E-state index is -0.104. The number of nitrogens with zero attached hydrogens (tertiary/aromatic N) is 1. The van der Waals surface area contributed by atoms with Crippen LogP contribution in [0.4, 0.5) is 0 Å². The average molecular weight is 272 g/mol. The normalized spacial score (nSPS) is 24.1. The summed E-state index contributed by atoms with van der Waals surface area (Å²) in [6, 6.07) is 0.468. The summed E-state index contributed by atoms with van der Waals surface area (Å²) >= 11 is 5.91. The summed E-state index contributed by atoms with van der Waals surface area (Å²) < 4.78 is 0. The number of hydrogen-bond donors (Lipinski definition) is 0. The largest absolute Gasteiger partial charge is 0.338 e. The molecular weight excluding hydrogens is 246 g/mol. The van der Waals surface area contributed by atoms with Crippen LogP contribution in [0.2, 0.25) is 0 Å². The van der Waals surface area contributed by atoms with Gasteiger partial charge in [-0.25, -0.2) is 0 Å². The number of amides is 1. The van der Waals surface area contributed by atoms with Crippen LogP contribution in [-0.4, -0.2) is 29.3 Å². The van der Waals surface area contributed by atoms with E-state index in [0.29, 0.717) is 17.8 Å². The molecule has 0 heterocycles. The minimum Gasteiger partial charge on any atom is -0.338 e. The number of hydrogen-bond acceptors (Lipinski definition) is 1. The number of alkyl halides is 1. The predicted molar refractivity (Wildman–Crippen MR) is 75.9 cm³/mol. The van der Waals surface area contributed by atoms with E-state index < -0.39 is 0 Å². The lowest BCUT2D eigenvalue weighted by atomic mass is 9.74. The van der Waals surface area contributed by atoms with Crippen LogP contribution in [0, 0.1) is 5.41 Å². The lowest BCUT2D eigenvalue weighted by Crippen LogP contribution is -2.48. The highest BCUT2D eigenvalue weighted by Gasteiger charge is 2.39. The summed E-state index contributed by atoms with van der Waals surface area (Å²) in [5, 5.41) is 0. The smallest absolute Gasteiger partial charge is 0.228 e. The lowest BCUT2D eigenvalue weighted by molar-refractivity contribution is -0.145. The van der Waals surface area contributed by atoms with Crippen LogP contribution in [-0.2, 0) is 4.79 Å². The van der Waals surface area contributed by atoms with Gasteiger partial charge in [0.1, 0.15) is 0 Å². The summed E-state index contributed by atoms with van der Waals surface area (Å²) in [6.07, 6.45) is 10.7. The Labute approximate surface area is 116 Å². The van der Waals surface area contributed by atoms with Gasteiger partial charge in [0.05, 0.1) is 0 Å². The van der Waals surface area contributed by atoms with E-state index in [4.69, 9.17) is 11.6 Å². The topological polar surface area (TPSA) is 20.3 Å². The molecule has 0 spiro atoms. The highest BCUT2D eigenvalue weighted by atomic mass is 35.5. The Bertz CT molecular complexity index is 280. The molecule has 0 atom stereocenters. The third-order valence-electron chi connectivity index (χ3n) is 4.83. The molecule has 2 aliphatic carbocycles. The fraction of sp³-hybridized carbons (Fsp3) is 0.933. The van der Waals surface area contributed by atoms with Crippen LogP contribution in [0.1, 0.15) is 64.7 Å². The van der Waals surface area contributed by atoms with Crippen molar-refractivity contribution in [1.82, 2.24) is 4.90 Å². The summed E-state index contributed by atoms with van der Waals surface area (Å²) in [5.74, 6) is 0.952. The van der Waals surface area contributed by atoms with E-state index in [1.807, 2.05) is 0 Å². The number of rotatable bonds is 4. The summed E-state index contributed by atoms with van der Waals surface area (Å²) in [5.41, 5.74) is -0.104. The molecular formula is C15H26ClNO. The van der Waals surface area contributed by atoms with Gasteiger partial charge in [-0.15, -0.1) is 11.6 Å². The second-order valence-corrected chi connectivity index (χ2v) is 6.63. The first kappa shape index (κ1) is 14.2. The fourth-order valence-corrected chi connectivity index (χ4v) is 3.83. The molecule has 104 valence electrons. The van der Waals surface area contributed by atoms with Crippen molar-refractivity contribution in [1.29, 1.82) is 0 Å². The number of halogens is 1. The van der Waals surface area contributed by atoms with Gasteiger partial charge in [0, 0.05) is 23.9 Å². The zero-order valence-corrected chi connectivity index (χ0v) is 12.3. The molecule has 0 saturated heterocycles. The van der Waals surface area contributed by atoms with Crippen molar-refractivity contribution >= 4 is 17.5 Å². The van der Waals surface area contributed by atoms with Crippen LogP contribution in [0.3, 0.4) is 0 Å². The van der Waals surface area contributed by atoms with E-state index in [2.05, 4.69) is 11.8 Å².